The zero-order valence-corrected chi connectivity index (χ0v) is 14.3. The lowest BCUT2D eigenvalue weighted by Gasteiger charge is -2.21. The van der Waals surface area contributed by atoms with Gasteiger partial charge in [0.25, 0.3) is 0 Å². The maximum Gasteiger partial charge on any atom is 0.534 e. The first kappa shape index (κ1) is 20.0. The molecule has 0 heterocycles. The fraction of sp³-hybridized carbons (Fsp3) is 0.400. The second-order valence-electron chi connectivity index (χ2n) is 5.84. The molecule has 0 aromatic heterocycles. The molecule has 0 amide bonds. The van der Waals surface area contributed by atoms with Crippen molar-refractivity contribution in [2.75, 3.05) is 7.11 Å². The number of ether oxygens (including phenoxy) is 1. The summed E-state index contributed by atoms with van der Waals surface area (Å²) in [6.45, 7) is 5.40. The number of esters is 1. The van der Waals surface area contributed by atoms with Crippen LogP contribution in [0.2, 0.25) is 0 Å². The molecule has 5 nitrogen and oxygen atoms in total. The normalized spacial score (nSPS) is 13.1. The van der Waals surface area contributed by atoms with E-state index in [0.717, 1.165) is 19.3 Å². The number of hydrogen-bond acceptors (Lipinski definition) is 5. The molecule has 0 saturated heterocycles. The number of carbonyl (C=O) groups excluding carboxylic acids is 1. The van der Waals surface area contributed by atoms with E-state index in [1.54, 1.807) is 26.8 Å². The molecule has 1 aromatic carbocycles. The van der Waals surface area contributed by atoms with Crippen LogP contribution in [0.5, 0.6) is 5.75 Å². The molecule has 1 rings (SSSR count). The van der Waals surface area contributed by atoms with Gasteiger partial charge in [0.15, 0.2) is 0 Å². The molecular formula is C15H17F3O5S. The lowest BCUT2D eigenvalue weighted by Crippen LogP contribution is -2.28. The number of benzene rings is 1. The molecule has 0 radical (unpaired) electrons. The summed E-state index contributed by atoms with van der Waals surface area (Å²) in [6, 6.07) is 4.16. The van der Waals surface area contributed by atoms with Gasteiger partial charge in [-0.2, -0.15) is 21.6 Å². The van der Waals surface area contributed by atoms with E-state index in [9.17, 15) is 26.4 Å². The Hall–Kier alpha value is -2.03. The summed E-state index contributed by atoms with van der Waals surface area (Å²) in [5, 5.41) is 0. The van der Waals surface area contributed by atoms with E-state index in [0.29, 0.717) is 5.56 Å². The molecular weight excluding hydrogens is 349 g/mol. The van der Waals surface area contributed by atoms with Crippen LogP contribution < -0.4 is 4.18 Å². The monoisotopic (exact) mass is 366 g/mol. The Balaban J connectivity index is 3.41. The smallest absolute Gasteiger partial charge is 0.466 e. The second-order valence-corrected chi connectivity index (χ2v) is 7.38. The van der Waals surface area contributed by atoms with Crippen molar-refractivity contribution in [3.05, 3.63) is 35.4 Å². The van der Waals surface area contributed by atoms with Gasteiger partial charge in [0.2, 0.25) is 0 Å². The third-order valence-corrected chi connectivity index (χ3v) is 3.93. The van der Waals surface area contributed by atoms with Crippen molar-refractivity contribution in [1.29, 1.82) is 0 Å². The van der Waals surface area contributed by atoms with E-state index in [2.05, 4.69) is 8.92 Å². The largest absolute Gasteiger partial charge is 0.534 e. The zero-order valence-electron chi connectivity index (χ0n) is 13.5. The highest BCUT2D eigenvalue weighted by atomic mass is 32.2. The van der Waals surface area contributed by atoms with Crippen LogP contribution >= 0.6 is 0 Å². The first-order valence-electron chi connectivity index (χ1n) is 6.69. The lowest BCUT2D eigenvalue weighted by molar-refractivity contribution is -0.134. The van der Waals surface area contributed by atoms with Crippen molar-refractivity contribution in [2.45, 2.75) is 31.7 Å². The van der Waals surface area contributed by atoms with E-state index < -0.39 is 32.8 Å². The Labute approximate surface area is 138 Å². The summed E-state index contributed by atoms with van der Waals surface area (Å²) in [4.78, 5) is 11.1. The summed E-state index contributed by atoms with van der Waals surface area (Å²) < 4.78 is 68.8. The third kappa shape index (κ3) is 4.98. The predicted octanol–water partition coefficient (Wildman–Crippen LogP) is 3.40. The Morgan fingerprint density at radius 3 is 2.21 bits per heavy atom. The van der Waals surface area contributed by atoms with E-state index in [1.165, 1.54) is 12.1 Å². The van der Waals surface area contributed by atoms with Gasteiger partial charge < -0.3 is 8.92 Å². The van der Waals surface area contributed by atoms with Gasteiger partial charge in [-0.05, 0) is 23.1 Å². The minimum absolute atomic E-state index is 0.0128. The number of halogens is 3. The fourth-order valence-corrected chi connectivity index (χ4v) is 2.08. The van der Waals surface area contributed by atoms with Gasteiger partial charge in [-0.25, -0.2) is 4.79 Å². The van der Waals surface area contributed by atoms with Crippen LogP contribution in [-0.2, 0) is 25.1 Å². The topological polar surface area (TPSA) is 69.7 Å². The molecule has 0 aliphatic heterocycles. The van der Waals surface area contributed by atoms with Crippen LogP contribution in [0.15, 0.2) is 24.3 Å². The van der Waals surface area contributed by atoms with Crippen molar-refractivity contribution in [1.82, 2.24) is 0 Å². The molecule has 1 aromatic rings. The standard InChI is InChI=1S/C15H17F3O5S/c1-14(2,3)11-7-5-10(6-8-13(19)22-4)12(9-11)23-24(20,21)15(16,17)18/h5-9H,1-4H3. The molecule has 0 aliphatic carbocycles. The van der Waals surface area contributed by atoms with Crippen molar-refractivity contribution in [2.24, 2.45) is 0 Å². The van der Waals surface area contributed by atoms with Gasteiger partial charge in [-0.15, -0.1) is 0 Å². The van der Waals surface area contributed by atoms with Gasteiger partial charge in [0.05, 0.1) is 7.11 Å². The number of carbonyl (C=O) groups is 1. The van der Waals surface area contributed by atoms with E-state index in [-0.39, 0.29) is 5.56 Å². The summed E-state index contributed by atoms with van der Waals surface area (Å²) in [5.41, 5.74) is -5.47. The average Bonchev–Trinajstić information content (AvgIpc) is 2.42. The second kappa shape index (κ2) is 6.84. The Kier molecular flexibility index (Phi) is 5.70. The summed E-state index contributed by atoms with van der Waals surface area (Å²) in [5.74, 6) is -1.28. The maximum atomic E-state index is 12.5. The van der Waals surface area contributed by atoms with Crippen LogP contribution in [0.1, 0.15) is 31.9 Å². The van der Waals surface area contributed by atoms with E-state index >= 15 is 0 Å². The fourth-order valence-electron chi connectivity index (χ4n) is 1.60. The Morgan fingerprint density at radius 2 is 1.75 bits per heavy atom. The molecule has 0 spiro atoms. The van der Waals surface area contributed by atoms with E-state index in [1.807, 2.05) is 0 Å². The summed E-state index contributed by atoms with van der Waals surface area (Å²) in [6.07, 6.45) is 2.05. The molecule has 134 valence electrons. The van der Waals surface area contributed by atoms with Gasteiger partial charge >= 0.3 is 21.6 Å². The molecule has 0 N–H and O–H groups in total. The van der Waals surface area contributed by atoms with Gasteiger partial charge in [0.1, 0.15) is 5.75 Å². The highest BCUT2D eigenvalue weighted by molar-refractivity contribution is 7.88. The highest BCUT2D eigenvalue weighted by Crippen LogP contribution is 2.33. The van der Waals surface area contributed by atoms with Crippen molar-refractivity contribution >= 4 is 22.2 Å². The molecule has 0 bridgehead atoms. The van der Waals surface area contributed by atoms with Crippen LogP contribution in [0.4, 0.5) is 13.2 Å². The lowest BCUT2D eigenvalue weighted by atomic mass is 9.86. The molecule has 0 atom stereocenters. The SMILES string of the molecule is COC(=O)C=Cc1ccc(C(C)(C)C)cc1OS(=O)(=O)C(F)(F)F. The Bertz CT molecular complexity index is 743. The van der Waals surface area contributed by atoms with Crippen LogP contribution in [0.3, 0.4) is 0 Å². The van der Waals surface area contributed by atoms with Gasteiger partial charge in [-0.1, -0.05) is 32.9 Å². The molecule has 0 aliphatic rings. The predicted molar refractivity (Wildman–Crippen MR) is 81.8 cm³/mol. The third-order valence-electron chi connectivity index (χ3n) is 2.96. The molecule has 24 heavy (non-hydrogen) atoms. The Morgan fingerprint density at radius 1 is 1.17 bits per heavy atom. The molecule has 0 saturated carbocycles. The number of rotatable bonds is 4. The summed E-state index contributed by atoms with van der Waals surface area (Å²) >= 11 is 0. The average molecular weight is 366 g/mol. The van der Waals surface area contributed by atoms with Crippen LogP contribution in [0, 0.1) is 0 Å². The summed E-state index contributed by atoms with van der Waals surface area (Å²) in [7, 11) is -4.70. The minimum atomic E-state index is -5.83. The molecule has 0 unspecified atom stereocenters. The number of alkyl halides is 3. The first-order valence-corrected chi connectivity index (χ1v) is 8.10. The maximum absolute atomic E-state index is 12.5. The first-order chi connectivity index (χ1) is 10.8. The van der Waals surface area contributed by atoms with Crippen molar-refractivity contribution in [3.63, 3.8) is 0 Å². The molecule has 0 fully saturated rings. The van der Waals surface area contributed by atoms with Crippen molar-refractivity contribution < 1.29 is 35.3 Å². The highest BCUT2D eigenvalue weighted by Gasteiger charge is 2.48. The van der Waals surface area contributed by atoms with E-state index in [4.69, 9.17) is 0 Å². The van der Waals surface area contributed by atoms with Crippen molar-refractivity contribution in [3.8, 4) is 5.75 Å². The van der Waals surface area contributed by atoms with Gasteiger partial charge in [-0.3, -0.25) is 0 Å². The number of hydrogen-bond donors (Lipinski definition) is 0. The van der Waals surface area contributed by atoms with Gasteiger partial charge in [0, 0.05) is 11.6 Å². The number of methoxy groups -OCH3 is 1. The van der Waals surface area contributed by atoms with Crippen LogP contribution in [-0.4, -0.2) is 27.0 Å². The quantitative estimate of drug-likeness (QED) is 0.354. The minimum Gasteiger partial charge on any atom is -0.466 e. The molecule has 9 heteroatoms. The van der Waals surface area contributed by atoms with Crippen LogP contribution in [0.25, 0.3) is 6.08 Å². The zero-order chi connectivity index (χ0) is 18.8.